The van der Waals surface area contributed by atoms with Crippen LogP contribution in [0.4, 0.5) is 10.5 Å². The molecule has 4 nitrogen and oxygen atoms in total. The molecule has 27 heavy (non-hydrogen) atoms. The summed E-state index contributed by atoms with van der Waals surface area (Å²) in [6.45, 7) is 2.34. The quantitative estimate of drug-likeness (QED) is 0.884. The normalized spacial score (nSPS) is 22.7. The lowest BCUT2D eigenvalue weighted by Gasteiger charge is -2.36. The molecule has 2 aromatic carbocycles. The maximum absolute atomic E-state index is 12.2. The van der Waals surface area contributed by atoms with Crippen LogP contribution in [0.3, 0.4) is 0 Å². The maximum atomic E-state index is 12.2. The van der Waals surface area contributed by atoms with E-state index in [0.29, 0.717) is 0 Å². The van der Waals surface area contributed by atoms with Gasteiger partial charge in [0.05, 0.1) is 6.04 Å². The second-order valence-electron chi connectivity index (χ2n) is 8.21. The fourth-order valence-electron chi connectivity index (χ4n) is 5.01. The summed E-state index contributed by atoms with van der Waals surface area (Å²) in [4.78, 5) is 16.6. The first-order chi connectivity index (χ1) is 13.2. The van der Waals surface area contributed by atoms with E-state index in [1.54, 1.807) is 4.90 Å². The third-order valence-corrected chi connectivity index (χ3v) is 6.76. The lowest BCUT2D eigenvalue weighted by molar-refractivity contribution is 0.133. The van der Waals surface area contributed by atoms with Gasteiger partial charge >= 0.3 is 6.03 Å². The van der Waals surface area contributed by atoms with E-state index in [4.69, 9.17) is 5.73 Å². The van der Waals surface area contributed by atoms with E-state index in [1.165, 1.54) is 48.1 Å². The van der Waals surface area contributed by atoms with Crippen molar-refractivity contribution in [3.05, 3.63) is 64.7 Å². The largest absolute Gasteiger partial charge is 0.351 e. The van der Waals surface area contributed by atoms with E-state index in [1.807, 2.05) is 18.2 Å². The van der Waals surface area contributed by atoms with Crippen molar-refractivity contribution < 1.29 is 4.79 Å². The Morgan fingerprint density at radius 1 is 0.963 bits per heavy atom. The number of hydrogen-bond donors (Lipinski definition) is 1. The zero-order valence-corrected chi connectivity index (χ0v) is 15.7. The van der Waals surface area contributed by atoms with Crippen LogP contribution in [0.25, 0.3) is 0 Å². The maximum Gasteiger partial charge on any atom is 0.319 e. The van der Waals surface area contributed by atoms with E-state index in [9.17, 15) is 4.79 Å². The molecule has 0 radical (unpaired) electrons. The number of para-hydroxylation sites is 1. The number of carbonyl (C=O) groups is 1. The molecule has 1 unspecified atom stereocenters. The molecule has 0 saturated heterocycles. The molecule has 1 aliphatic carbocycles. The van der Waals surface area contributed by atoms with Crippen LogP contribution in [-0.4, -0.2) is 30.1 Å². The van der Waals surface area contributed by atoms with Crippen LogP contribution in [0.5, 0.6) is 0 Å². The Kier molecular flexibility index (Phi) is 4.16. The molecule has 1 fully saturated rings. The first-order valence-electron chi connectivity index (χ1n) is 10.2. The number of anilines is 1. The number of rotatable bonds is 2. The second-order valence-corrected chi connectivity index (χ2v) is 8.21. The molecule has 140 valence electrons. The molecule has 2 amide bonds. The Labute approximate surface area is 161 Å². The highest BCUT2D eigenvalue weighted by molar-refractivity contribution is 5.94. The van der Waals surface area contributed by atoms with Crippen LogP contribution in [0.15, 0.2) is 42.5 Å². The number of carbonyl (C=O) groups excluding carboxylic acids is 1. The molecule has 2 heterocycles. The van der Waals surface area contributed by atoms with Gasteiger partial charge in [0, 0.05) is 24.8 Å². The third-order valence-electron chi connectivity index (χ3n) is 6.76. The number of urea groups is 1. The standard InChI is InChI=1S/C23H27N3O/c24-23(27)26-21-7-2-1-4-18(21)15-22(26)19-9-8-16-10-12-25(20-5-3-6-20)13-11-17(16)14-19/h1-2,4,7-9,14,20,22H,3,5-6,10-13,15H2,(H2,24,27). The van der Waals surface area contributed by atoms with Crippen LogP contribution in [0, 0.1) is 0 Å². The van der Waals surface area contributed by atoms with Crippen LogP contribution in [0.2, 0.25) is 0 Å². The lowest BCUT2D eigenvalue weighted by atomic mass is 9.91. The van der Waals surface area contributed by atoms with Gasteiger partial charge < -0.3 is 5.73 Å². The van der Waals surface area contributed by atoms with Crippen molar-refractivity contribution in [1.29, 1.82) is 0 Å². The van der Waals surface area contributed by atoms with Gasteiger partial charge in [-0.1, -0.05) is 42.8 Å². The number of fused-ring (bicyclic) bond motifs is 2. The van der Waals surface area contributed by atoms with Gasteiger partial charge in [-0.05, 0) is 60.4 Å². The Morgan fingerprint density at radius 3 is 2.48 bits per heavy atom. The zero-order valence-electron chi connectivity index (χ0n) is 15.7. The van der Waals surface area contributed by atoms with Crippen molar-refractivity contribution in [2.45, 2.75) is 50.6 Å². The minimum Gasteiger partial charge on any atom is -0.351 e. The monoisotopic (exact) mass is 361 g/mol. The Balaban J connectivity index is 1.42. The highest BCUT2D eigenvalue weighted by Crippen LogP contribution is 2.40. The van der Waals surface area contributed by atoms with Gasteiger partial charge in [-0.3, -0.25) is 9.80 Å². The van der Waals surface area contributed by atoms with Gasteiger partial charge in [0.1, 0.15) is 0 Å². The minimum atomic E-state index is -0.365. The fourth-order valence-corrected chi connectivity index (χ4v) is 5.01. The molecule has 5 rings (SSSR count). The molecule has 0 spiro atoms. The smallest absolute Gasteiger partial charge is 0.319 e. The molecular weight excluding hydrogens is 334 g/mol. The van der Waals surface area contributed by atoms with Gasteiger partial charge in [-0.2, -0.15) is 0 Å². The summed E-state index contributed by atoms with van der Waals surface area (Å²) in [6, 6.07) is 15.4. The average molecular weight is 361 g/mol. The molecule has 3 aliphatic rings. The molecule has 0 aromatic heterocycles. The van der Waals surface area contributed by atoms with Gasteiger partial charge in [-0.15, -0.1) is 0 Å². The molecule has 4 heteroatoms. The van der Waals surface area contributed by atoms with E-state index in [-0.39, 0.29) is 12.1 Å². The first-order valence-corrected chi connectivity index (χ1v) is 10.2. The van der Waals surface area contributed by atoms with Crippen molar-refractivity contribution in [2.24, 2.45) is 5.73 Å². The molecule has 0 bridgehead atoms. The van der Waals surface area contributed by atoms with E-state index < -0.39 is 0 Å². The minimum absolute atomic E-state index is 0.0104. The summed E-state index contributed by atoms with van der Waals surface area (Å²) in [6.07, 6.45) is 7.22. The summed E-state index contributed by atoms with van der Waals surface area (Å²) in [5, 5.41) is 0. The summed E-state index contributed by atoms with van der Waals surface area (Å²) < 4.78 is 0. The SMILES string of the molecule is NC(=O)N1c2ccccc2CC1c1ccc2c(c1)CCN(C1CCC1)CC2. The number of nitrogens with two attached hydrogens (primary N) is 1. The summed E-state index contributed by atoms with van der Waals surface area (Å²) in [5.41, 5.74) is 12.1. The van der Waals surface area contributed by atoms with Crippen LogP contribution in [-0.2, 0) is 19.3 Å². The van der Waals surface area contributed by atoms with Gasteiger partial charge in [-0.25, -0.2) is 4.79 Å². The molecular formula is C23H27N3O. The summed E-state index contributed by atoms with van der Waals surface area (Å²) >= 11 is 0. The van der Waals surface area contributed by atoms with E-state index in [0.717, 1.165) is 37.5 Å². The van der Waals surface area contributed by atoms with E-state index >= 15 is 0 Å². The topological polar surface area (TPSA) is 49.6 Å². The average Bonchev–Trinajstić information content (AvgIpc) is 2.90. The molecule has 1 atom stereocenters. The van der Waals surface area contributed by atoms with Crippen LogP contribution in [0.1, 0.15) is 47.6 Å². The van der Waals surface area contributed by atoms with Crippen molar-refractivity contribution >= 4 is 11.7 Å². The molecule has 1 saturated carbocycles. The number of primary amides is 1. The van der Waals surface area contributed by atoms with Crippen molar-refractivity contribution in [1.82, 2.24) is 4.90 Å². The summed E-state index contributed by atoms with van der Waals surface area (Å²) in [7, 11) is 0. The predicted molar refractivity (Wildman–Crippen MR) is 108 cm³/mol. The molecule has 2 N–H and O–H groups in total. The summed E-state index contributed by atoms with van der Waals surface area (Å²) in [5.74, 6) is 0. The third kappa shape index (κ3) is 2.92. The Bertz CT molecular complexity index is 874. The molecule has 2 aromatic rings. The second kappa shape index (κ2) is 6.68. The lowest BCUT2D eigenvalue weighted by Crippen LogP contribution is -2.41. The van der Waals surface area contributed by atoms with E-state index in [2.05, 4.69) is 29.2 Å². The highest BCUT2D eigenvalue weighted by atomic mass is 16.2. The van der Waals surface area contributed by atoms with Crippen molar-refractivity contribution in [3.63, 3.8) is 0 Å². The predicted octanol–water partition coefficient (Wildman–Crippen LogP) is 3.82. The fraction of sp³-hybridized carbons (Fsp3) is 0.435. The van der Waals surface area contributed by atoms with Gasteiger partial charge in [0.15, 0.2) is 0 Å². The first kappa shape index (κ1) is 16.8. The number of hydrogen-bond acceptors (Lipinski definition) is 2. The van der Waals surface area contributed by atoms with Crippen LogP contribution >= 0.6 is 0 Å². The van der Waals surface area contributed by atoms with Gasteiger partial charge in [0.2, 0.25) is 0 Å². The Morgan fingerprint density at radius 2 is 1.74 bits per heavy atom. The Hall–Kier alpha value is -2.33. The van der Waals surface area contributed by atoms with Gasteiger partial charge in [0.25, 0.3) is 0 Å². The van der Waals surface area contributed by atoms with Crippen molar-refractivity contribution in [2.75, 3.05) is 18.0 Å². The molecule has 2 aliphatic heterocycles. The highest BCUT2D eigenvalue weighted by Gasteiger charge is 2.34. The van der Waals surface area contributed by atoms with Crippen LogP contribution < -0.4 is 10.6 Å². The zero-order chi connectivity index (χ0) is 18.4. The number of amides is 2. The number of nitrogens with zero attached hydrogens (tertiary/aromatic N) is 2. The van der Waals surface area contributed by atoms with Crippen molar-refractivity contribution in [3.8, 4) is 0 Å². The number of benzene rings is 2.